The smallest absolute Gasteiger partial charge is 0.251 e. The Hall–Kier alpha value is -2.44. The zero-order chi connectivity index (χ0) is 17.9. The number of hydrogen-bond acceptors (Lipinski definition) is 4. The third kappa shape index (κ3) is 2.40. The van der Waals surface area contributed by atoms with Gasteiger partial charge in [0.2, 0.25) is 0 Å². The minimum Gasteiger partial charge on any atom is -0.385 e. The van der Waals surface area contributed by atoms with Gasteiger partial charge in [-0.2, -0.15) is 5.10 Å². The van der Waals surface area contributed by atoms with Crippen molar-refractivity contribution >= 4 is 28.4 Å². The molecule has 3 N–H and O–H groups in total. The molecule has 2 aliphatic rings. The molecule has 0 bridgehead atoms. The molecular formula is C19H17ClN4O2. The molecule has 132 valence electrons. The molecule has 0 radical (unpaired) electrons. The van der Waals surface area contributed by atoms with E-state index < -0.39 is 5.60 Å². The molecule has 2 saturated carbocycles. The number of benzene rings is 1. The molecule has 5 rings (SSSR count). The van der Waals surface area contributed by atoms with Crippen molar-refractivity contribution in [2.24, 2.45) is 11.8 Å². The summed E-state index contributed by atoms with van der Waals surface area (Å²) in [5, 5.41) is 22.8. The zero-order valence-electron chi connectivity index (χ0n) is 13.8. The molecule has 2 fully saturated rings. The van der Waals surface area contributed by atoms with Gasteiger partial charge in [0.1, 0.15) is 0 Å². The highest BCUT2D eigenvalue weighted by molar-refractivity contribution is 6.31. The van der Waals surface area contributed by atoms with Gasteiger partial charge in [0.15, 0.2) is 0 Å². The van der Waals surface area contributed by atoms with E-state index in [0.29, 0.717) is 23.4 Å². The number of halogens is 1. The Balaban J connectivity index is 1.34. The number of amides is 1. The molecule has 7 heteroatoms. The minimum atomic E-state index is -0.930. The molecule has 0 saturated heterocycles. The Bertz CT molecular complexity index is 991. The molecule has 2 aromatic heterocycles. The number of aliphatic hydroxyl groups is 1. The van der Waals surface area contributed by atoms with Gasteiger partial charge in [0, 0.05) is 34.4 Å². The first-order valence-electron chi connectivity index (χ1n) is 8.61. The van der Waals surface area contributed by atoms with E-state index in [2.05, 4.69) is 20.5 Å². The molecule has 1 amide bonds. The summed E-state index contributed by atoms with van der Waals surface area (Å²) < 4.78 is 0. The number of aromatic amines is 1. The number of rotatable bonds is 3. The average molecular weight is 369 g/mol. The monoisotopic (exact) mass is 368 g/mol. The number of nitrogens with zero attached hydrogens (tertiary/aromatic N) is 2. The molecule has 4 atom stereocenters. The third-order valence-corrected chi connectivity index (χ3v) is 5.96. The number of fused-ring (bicyclic) bond motifs is 2. The molecular weight excluding hydrogens is 352 g/mol. The normalized spacial score (nSPS) is 29.5. The molecule has 0 aliphatic heterocycles. The Kier molecular flexibility index (Phi) is 3.36. The molecule has 0 spiro atoms. The summed E-state index contributed by atoms with van der Waals surface area (Å²) in [5.41, 5.74) is 1.32. The van der Waals surface area contributed by atoms with Gasteiger partial charge in [-0.05, 0) is 54.5 Å². The predicted molar refractivity (Wildman–Crippen MR) is 96.7 cm³/mol. The quantitative estimate of drug-likeness (QED) is 0.662. The molecule has 26 heavy (non-hydrogen) atoms. The number of H-pyrrole nitrogens is 1. The van der Waals surface area contributed by atoms with Crippen molar-refractivity contribution < 1.29 is 9.90 Å². The molecule has 2 aliphatic carbocycles. The lowest BCUT2D eigenvalue weighted by molar-refractivity contribution is 0.0293. The Labute approximate surface area is 154 Å². The van der Waals surface area contributed by atoms with Gasteiger partial charge in [0.05, 0.1) is 17.3 Å². The van der Waals surface area contributed by atoms with Crippen LogP contribution in [0.2, 0.25) is 5.02 Å². The summed E-state index contributed by atoms with van der Waals surface area (Å²) in [7, 11) is 0. The zero-order valence-corrected chi connectivity index (χ0v) is 14.6. The van der Waals surface area contributed by atoms with Crippen molar-refractivity contribution in [1.29, 1.82) is 0 Å². The lowest BCUT2D eigenvalue weighted by atomic mass is 9.86. The fourth-order valence-corrected chi connectivity index (χ4v) is 4.66. The van der Waals surface area contributed by atoms with Gasteiger partial charge in [-0.25, -0.2) is 0 Å². The summed E-state index contributed by atoms with van der Waals surface area (Å²) in [6.45, 7) is 0. The maximum absolute atomic E-state index is 12.3. The van der Waals surface area contributed by atoms with Crippen molar-refractivity contribution in [3.8, 4) is 0 Å². The summed E-state index contributed by atoms with van der Waals surface area (Å²) in [4.78, 5) is 16.2. The Morgan fingerprint density at radius 3 is 2.73 bits per heavy atom. The van der Waals surface area contributed by atoms with E-state index >= 15 is 0 Å². The second-order valence-corrected chi connectivity index (χ2v) is 7.72. The summed E-state index contributed by atoms with van der Waals surface area (Å²) in [6.07, 6.45) is 6.16. The molecule has 0 unspecified atom stereocenters. The van der Waals surface area contributed by atoms with Crippen molar-refractivity contribution in [2.45, 2.75) is 24.5 Å². The summed E-state index contributed by atoms with van der Waals surface area (Å²) >= 11 is 6.21. The van der Waals surface area contributed by atoms with E-state index in [1.807, 2.05) is 12.1 Å². The van der Waals surface area contributed by atoms with Crippen LogP contribution in [0.3, 0.4) is 0 Å². The van der Waals surface area contributed by atoms with E-state index in [4.69, 9.17) is 11.6 Å². The first kappa shape index (κ1) is 15.8. The average Bonchev–Trinajstić information content (AvgIpc) is 3.01. The first-order valence-corrected chi connectivity index (χ1v) is 8.99. The molecule has 1 aromatic carbocycles. The highest BCUT2D eigenvalue weighted by Gasteiger charge is 2.62. The van der Waals surface area contributed by atoms with Gasteiger partial charge >= 0.3 is 0 Å². The number of carbonyl (C=O) groups is 1. The van der Waals surface area contributed by atoms with E-state index in [-0.39, 0.29) is 23.8 Å². The van der Waals surface area contributed by atoms with Crippen LogP contribution in [0.4, 0.5) is 0 Å². The van der Waals surface area contributed by atoms with Crippen molar-refractivity contribution in [3.63, 3.8) is 0 Å². The van der Waals surface area contributed by atoms with Gasteiger partial charge in [0.25, 0.3) is 5.91 Å². The van der Waals surface area contributed by atoms with Crippen LogP contribution < -0.4 is 5.32 Å². The predicted octanol–water partition coefficient (Wildman–Crippen LogP) is 2.64. The third-order valence-electron chi connectivity index (χ3n) is 5.74. The maximum Gasteiger partial charge on any atom is 0.251 e. The van der Waals surface area contributed by atoms with Crippen molar-refractivity contribution in [3.05, 3.63) is 59.0 Å². The molecule has 6 nitrogen and oxygen atoms in total. The summed E-state index contributed by atoms with van der Waals surface area (Å²) in [5.74, 6) is 0.480. The largest absolute Gasteiger partial charge is 0.385 e. The summed E-state index contributed by atoms with van der Waals surface area (Å²) in [6, 6.07) is 7.16. The minimum absolute atomic E-state index is 0.0877. The van der Waals surface area contributed by atoms with Crippen LogP contribution in [0.15, 0.2) is 42.9 Å². The number of pyridine rings is 1. The van der Waals surface area contributed by atoms with Crippen LogP contribution in [0.1, 0.15) is 28.8 Å². The highest BCUT2D eigenvalue weighted by atomic mass is 35.5. The second-order valence-electron chi connectivity index (χ2n) is 7.29. The fourth-order valence-electron chi connectivity index (χ4n) is 4.44. The molecule has 2 heterocycles. The van der Waals surface area contributed by atoms with Gasteiger partial charge in [-0.1, -0.05) is 11.6 Å². The molecule has 3 aromatic rings. The van der Waals surface area contributed by atoms with Crippen molar-refractivity contribution in [2.75, 3.05) is 0 Å². The van der Waals surface area contributed by atoms with Gasteiger partial charge < -0.3 is 10.4 Å². The highest BCUT2D eigenvalue weighted by Crippen LogP contribution is 2.60. The van der Waals surface area contributed by atoms with Crippen molar-refractivity contribution in [1.82, 2.24) is 20.5 Å². The van der Waals surface area contributed by atoms with Gasteiger partial charge in [-0.15, -0.1) is 0 Å². The lowest BCUT2D eigenvalue weighted by Crippen LogP contribution is -2.33. The Morgan fingerprint density at radius 1 is 1.27 bits per heavy atom. The number of nitrogens with one attached hydrogen (secondary N) is 2. The van der Waals surface area contributed by atoms with E-state index in [0.717, 1.165) is 16.5 Å². The standard InChI is InChI=1S/C19H17ClN4O2/c20-11-5-15(14-9-22-24-16(14)6-11)19(26)7-12-13(8-19)17(12)23-18(25)10-1-3-21-4-2-10/h1-6,9,12-13,17,26H,7-8H2,(H,22,24)(H,23,25)/t12-,13+,17+,19+. The second kappa shape index (κ2) is 5.53. The number of aromatic nitrogens is 3. The van der Waals surface area contributed by atoms with Crippen LogP contribution in [0.25, 0.3) is 10.9 Å². The van der Waals surface area contributed by atoms with E-state index in [1.165, 1.54) is 0 Å². The van der Waals surface area contributed by atoms with Gasteiger partial charge in [-0.3, -0.25) is 14.9 Å². The number of carbonyl (C=O) groups excluding carboxylic acids is 1. The van der Waals surface area contributed by atoms with Crippen LogP contribution in [-0.4, -0.2) is 32.2 Å². The van der Waals surface area contributed by atoms with E-state index in [1.54, 1.807) is 30.7 Å². The SMILES string of the molecule is O=C(N[C@H]1[C@@H]2C[C@@](O)(c3cc(Cl)cc4[nH]ncc34)C[C@@H]21)c1ccncc1. The first-order chi connectivity index (χ1) is 12.5. The fraction of sp³-hybridized carbons (Fsp3) is 0.316. The Morgan fingerprint density at radius 2 is 2.00 bits per heavy atom. The maximum atomic E-state index is 12.3. The van der Waals surface area contributed by atoms with E-state index in [9.17, 15) is 9.90 Å². The topological polar surface area (TPSA) is 90.9 Å². The van der Waals surface area contributed by atoms with Crippen LogP contribution in [-0.2, 0) is 5.60 Å². The lowest BCUT2D eigenvalue weighted by Gasteiger charge is -2.27. The number of hydrogen-bond donors (Lipinski definition) is 3. The van der Waals surface area contributed by atoms with Crippen LogP contribution in [0, 0.1) is 11.8 Å². The van der Waals surface area contributed by atoms with Crippen LogP contribution >= 0.6 is 11.6 Å². The van der Waals surface area contributed by atoms with Crippen LogP contribution in [0.5, 0.6) is 0 Å².